The molecule has 180 valence electrons. The first-order valence-electron chi connectivity index (χ1n) is 12.1. The van der Waals surface area contributed by atoms with E-state index in [1.54, 1.807) is 0 Å². The second kappa shape index (κ2) is 8.72. The fraction of sp³-hybridized carbons (Fsp3) is 0.200. The molecule has 4 aromatic rings. The van der Waals surface area contributed by atoms with Gasteiger partial charge in [-0.1, -0.05) is 60.7 Å². The number of hydrogen-bond donors (Lipinski definition) is 0. The quantitative estimate of drug-likeness (QED) is 0.328. The summed E-state index contributed by atoms with van der Waals surface area (Å²) in [4.78, 5) is 0. The Hall–Kier alpha value is -4.32. The van der Waals surface area contributed by atoms with Crippen LogP contribution in [0.1, 0.15) is 34.3 Å². The molecule has 0 fully saturated rings. The van der Waals surface area contributed by atoms with Crippen molar-refractivity contribution in [1.82, 2.24) is 0 Å². The van der Waals surface area contributed by atoms with Crippen LogP contribution in [-0.4, -0.2) is 13.4 Å². The van der Waals surface area contributed by atoms with Gasteiger partial charge in [-0.2, -0.15) is 0 Å². The Kier molecular flexibility index (Phi) is 5.09. The van der Waals surface area contributed by atoms with Crippen molar-refractivity contribution in [3.63, 3.8) is 0 Å². The van der Waals surface area contributed by atoms with Gasteiger partial charge in [0.05, 0.1) is 12.5 Å². The summed E-state index contributed by atoms with van der Waals surface area (Å²) in [5.41, 5.74) is 4.17. The van der Waals surface area contributed by atoms with Crippen molar-refractivity contribution in [2.45, 2.75) is 25.2 Å². The summed E-state index contributed by atoms with van der Waals surface area (Å²) in [6.07, 6.45) is -0.187. The van der Waals surface area contributed by atoms with Crippen molar-refractivity contribution in [1.29, 1.82) is 0 Å². The van der Waals surface area contributed by atoms with Gasteiger partial charge in [0.15, 0.2) is 23.0 Å². The standard InChI is InChI=1S/C30H24O6/c1-3-7-19(8-4-1)15-31-24-12-11-21-28-23(22-13-26-27(35-18-34-26)14-25(22)36-28)17-33-29(21)30(24)32-16-20-9-5-2-6-10-20/h1-14,23,28H,15-18H2/t23-,28-/m0/s1. The van der Waals surface area contributed by atoms with Gasteiger partial charge in [-0.3, -0.25) is 0 Å². The van der Waals surface area contributed by atoms with Crippen LogP contribution >= 0.6 is 0 Å². The minimum atomic E-state index is -0.187. The highest BCUT2D eigenvalue weighted by Gasteiger charge is 2.43. The molecule has 0 aliphatic carbocycles. The smallest absolute Gasteiger partial charge is 0.231 e. The third kappa shape index (κ3) is 3.66. The lowest BCUT2D eigenvalue weighted by Crippen LogP contribution is -2.24. The molecular weight excluding hydrogens is 456 g/mol. The number of rotatable bonds is 6. The molecule has 0 unspecified atom stereocenters. The first kappa shape index (κ1) is 21.0. The average Bonchev–Trinajstić information content (AvgIpc) is 3.54. The van der Waals surface area contributed by atoms with Crippen LogP contribution in [0.15, 0.2) is 84.9 Å². The molecule has 0 aromatic heterocycles. The van der Waals surface area contributed by atoms with Gasteiger partial charge >= 0.3 is 0 Å². The van der Waals surface area contributed by atoms with E-state index < -0.39 is 0 Å². The summed E-state index contributed by atoms with van der Waals surface area (Å²) >= 11 is 0. The predicted octanol–water partition coefficient (Wildman–Crippen LogP) is 6.18. The third-order valence-electron chi connectivity index (χ3n) is 6.81. The van der Waals surface area contributed by atoms with E-state index in [2.05, 4.69) is 0 Å². The Morgan fingerprint density at radius 1 is 0.667 bits per heavy atom. The van der Waals surface area contributed by atoms with Gasteiger partial charge in [0.25, 0.3) is 0 Å². The molecule has 7 rings (SSSR count). The fourth-order valence-electron chi connectivity index (χ4n) is 4.99. The molecule has 0 N–H and O–H groups in total. The molecule has 6 nitrogen and oxygen atoms in total. The zero-order valence-electron chi connectivity index (χ0n) is 19.5. The predicted molar refractivity (Wildman–Crippen MR) is 132 cm³/mol. The molecule has 2 atom stereocenters. The van der Waals surface area contributed by atoms with Crippen LogP contribution in [0.3, 0.4) is 0 Å². The Morgan fingerprint density at radius 2 is 1.36 bits per heavy atom. The maximum atomic E-state index is 6.44. The van der Waals surface area contributed by atoms with Crippen LogP contribution in [0.25, 0.3) is 0 Å². The number of hydrogen-bond acceptors (Lipinski definition) is 6. The van der Waals surface area contributed by atoms with Crippen molar-refractivity contribution >= 4 is 0 Å². The van der Waals surface area contributed by atoms with Gasteiger partial charge < -0.3 is 28.4 Å². The van der Waals surface area contributed by atoms with Crippen LogP contribution in [-0.2, 0) is 13.2 Å². The highest BCUT2D eigenvalue weighted by atomic mass is 16.7. The van der Waals surface area contributed by atoms with Gasteiger partial charge in [0, 0.05) is 17.2 Å². The zero-order chi connectivity index (χ0) is 23.9. The van der Waals surface area contributed by atoms with Crippen molar-refractivity contribution < 1.29 is 28.4 Å². The molecule has 6 heteroatoms. The fourth-order valence-corrected chi connectivity index (χ4v) is 4.99. The second-order valence-corrected chi connectivity index (χ2v) is 9.06. The van der Waals surface area contributed by atoms with Crippen molar-refractivity contribution in [3.05, 3.63) is 107 Å². The van der Waals surface area contributed by atoms with Crippen molar-refractivity contribution in [3.8, 4) is 34.5 Å². The van der Waals surface area contributed by atoms with E-state index in [-0.39, 0.29) is 18.8 Å². The summed E-state index contributed by atoms with van der Waals surface area (Å²) in [6, 6.07) is 28.1. The SMILES string of the molecule is c1ccc(COc2ccc3c(c2OCc2ccccc2)OC[C@H]2c4cc5c(cc4O[C@@H]32)OCO5)cc1. The number of fused-ring (bicyclic) bond motifs is 6. The molecule has 3 aliphatic heterocycles. The van der Waals surface area contributed by atoms with E-state index >= 15 is 0 Å². The van der Waals surface area contributed by atoms with E-state index in [1.165, 1.54) is 0 Å². The number of benzene rings is 4. The van der Waals surface area contributed by atoms with Gasteiger partial charge in [-0.25, -0.2) is 0 Å². The van der Waals surface area contributed by atoms with Crippen LogP contribution in [0, 0.1) is 0 Å². The Bertz CT molecular complexity index is 1400. The van der Waals surface area contributed by atoms with E-state index in [9.17, 15) is 0 Å². The summed E-state index contributed by atoms with van der Waals surface area (Å²) in [5, 5.41) is 0. The van der Waals surface area contributed by atoms with Gasteiger partial charge in [-0.05, 0) is 29.3 Å². The van der Waals surface area contributed by atoms with Crippen LogP contribution in [0.4, 0.5) is 0 Å². The molecule has 0 bridgehead atoms. The summed E-state index contributed by atoms with van der Waals surface area (Å²) in [6.45, 7) is 1.54. The molecule has 0 saturated heterocycles. The molecule has 0 saturated carbocycles. The zero-order valence-corrected chi connectivity index (χ0v) is 19.5. The molecule has 0 radical (unpaired) electrons. The van der Waals surface area contributed by atoms with Gasteiger partial charge in [-0.15, -0.1) is 0 Å². The van der Waals surface area contributed by atoms with Gasteiger partial charge in [0.2, 0.25) is 12.5 Å². The second-order valence-electron chi connectivity index (χ2n) is 9.06. The summed E-state index contributed by atoms with van der Waals surface area (Å²) < 4.78 is 36.5. The molecular formula is C30H24O6. The largest absolute Gasteiger partial charge is 0.488 e. The molecule has 3 aliphatic rings. The molecule has 4 aromatic carbocycles. The molecule has 3 heterocycles. The highest BCUT2D eigenvalue weighted by Crippen LogP contribution is 2.57. The highest BCUT2D eigenvalue weighted by molar-refractivity contribution is 5.62. The first-order valence-corrected chi connectivity index (χ1v) is 12.1. The van der Waals surface area contributed by atoms with Crippen LogP contribution in [0.5, 0.6) is 34.5 Å². The van der Waals surface area contributed by atoms with E-state index in [1.807, 2.05) is 84.9 Å². The monoisotopic (exact) mass is 480 g/mol. The first-order chi connectivity index (χ1) is 17.8. The summed E-state index contributed by atoms with van der Waals surface area (Å²) in [5.74, 6) is 4.24. The summed E-state index contributed by atoms with van der Waals surface area (Å²) in [7, 11) is 0. The van der Waals surface area contributed by atoms with E-state index in [4.69, 9.17) is 28.4 Å². The van der Waals surface area contributed by atoms with Crippen LogP contribution in [0.2, 0.25) is 0 Å². The Balaban J connectivity index is 1.22. The lowest BCUT2D eigenvalue weighted by atomic mass is 9.89. The van der Waals surface area contributed by atoms with Crippen molar-refractivity contribution in [2.24, 2.45) is 0 Å². The molecule has 0 spiro atoms. The molecule has 0 amide bonds. The lowest BCUT2D eigenvalue weighted by Gasteiger charge is -2.30. The van der Waals surface area contributed by atoms with Gasteiger partial charge in [0.1, 0.15) is 25.1 Å². The third-order valence-corrected chi connectivity index (χ3v) is 6.81. The maximum Gasteiger partial charge on any atom is 0.231 e. The topological polar surface area (TPSA) is 55.4 Å². The van der Waals surface area contributed by atoms with E-state index in [0.29, 0.717) is 42.8 Å². The van der Waals surface area contributed by atoms with Crippen LogP contribution < -0.4 is 28.4 Å². The minimum Gasteiger partial charge on any atom is -0.488 e. The minimum absolute atomic E-state index is 0.0556. The number of ether oxygens (including phenoxy) is 6. The average molecular weight is 481 g/mol. The Morgan fingerprint density at radius 3 is 2.11 bits per heavy atom. The normalized spacial score (nSPS) is 18.3. The molecule has 36 heavy (non-hydrogen) atoms. The Labute approximate surface area is 208 Å². The van der Waals surface area contributed by atoms with E-state index in [0.717, 1.165) is 33.8 Å². The lowest BCUT2D eigenvalue weighted by molar-refractivity contribution is 0.131. The maximum absolute atomic E-state index is 6.44. The van der Waals surface area contributed by atoms with Crippen molar-refractivity contribution in [2.75, 3.05) is 13.4 Å².